The van der Waals surface area contributed by atoms with Gasteiger partial charge in [-0.3, -0.25) is 4.79 Å². The summed E-state index contributed by atoms with van der Waals surface area (Å²) in [6.07, 6.45) is 2.32. The quantitative estimate of drug-likeness (QED) is 0.740. The van der Waals surface area contributed by atoms with Gasteiger partial charge in [-0.25, -0.2) is 0 Å². The highest BCUT2D eigenvalue weighted by Crippen LogP contribution is 2.61. The van der Waals surface area contributed by atoms with Crippen LogP contribution in [-0.4, -0.2) is 5.78 Å². The molecule has 2 aromatic rings. The Balaban J connectivity index is 1.67. The number of hydrogen-bond donors (Lipinski definition) is 0. The lowest BCUT2D eigenvalue weighted by molar-refractivity contribution is 0.0959. The van der Waals surface area contributed by atoms with E-state index >= 15 is 0 Å². The normalized spacial score (nSPS) is 26.8. The van der Waals surface area contributed by atoms with Crippen molar-refractivity contribution in [1.29, 1.82) is 0 Å². The van der Waals surface area contributed by atoms with E-state index in [0.29, 0.717) is 17.6 Å². The molecule has 0 amide bonds. The molecule has 0 bridgehead atoms. The number of fused-ring (bicyclic) bond motifs is 3. The Bertz CT molecular complexity index is 697. The molecule has 3 unspecified atom stereocenters. The molecular formula is C18H18OS. The zero-order valence-electron chi connectivity index (χ0n) is 11.8. The Kier molecular flexibility index (Phi) is 2.65. The molecule has 2 aliphatic carbocycles. The average molecular weight is 282 g/mol. The van der Waals surface area contributed by atoms with Crippen molar-refractivity contribution in [3.63, 3.8) is 0 Å². The number of hydrogen-bond acceptors (Lipinski definition) is 2. The van der Waals surface area contributed by atoms with Crippen molar-refractivity contribution in [2.24, 2.45) is 11.8 Å². The molecule has 4 rings (SSSR count). The standard InChI is InChI=1S/C18H18OS/c1-10-9-15(11(2)20-10)18(19)17-14-8-7-12-5-3-4-6-13(12)16(14)17/h3-6,9,14,16-17H,7-8H2,1-2H3. The largest absolute Gasteiger partial charge is 0.294 e. The average Bonchev–Trinajstić information content (AvgIpc) is 3.09. The molecule has 0 N–H and O–H groups in total. The van der Waals surface area contributed by atoms with E-state index in [4.69, 9.17) is 0 Å². The lowest BCUT2D eigenvalue weighted by atomic mass is 9.92. The van der Waals surface area contributed by atoms with Crippen molar-refractivity contribution in [2.75, 3.05) is 0 Å². The van der Waals surface area contributed by atoms with Gasteiger partial charge < -0.3 is 0 Å². The van der Waals surface area contributed by atoms with E-state index in [9.17, 15) is 4.79 Å². The molecule has 2 heteroatoms. The fourth-order valence-electron chi connectivity index (χ4n) is 3.98. The van der Waals surface area contributed by atoms with Crippen molar-refractivity contribution in [2.45, 2.75) is 32.6 Å². The van der Waals surface area contributed by atoms with Gasteiger partial charge in [-0.05, 0) is 55.7 Å². The second-order valence-electron chi connectivity index (χ2n) is 6.14. The number of carbonyl (C=O) groups is 1. The lowest BCUT2D eigenvalue weighted by Crippen LogP contribution is -2.04. The monoisotopic (exact) mass is 282 g/mol. The first-order chi connectivity index (χ1) is 9.66. The third-order valence-corrected chi connectivity index (χ3v) is 5.90. The van der Waals surface area contributed by atoms with Crippen molar-refractivity contribution in [3.05, 3.63) is 56.8 Å². The smallest absolute Gasteiger partial charge is 0.167 e. The molecule has 1 nitrogen and oxygen atoms in total. The predicted molar refractivity (Wildman–Crippen MR) is 82.6 cm³/mol. The topological polar surface area (TPSA) is 17.1 Å². The molecule has 1 fully saturated rings. The number of aryl methyl sites for hydroxylation is 3. The lowest BCUT2D eigenvalue weighted by Gasteiger charge is -2.13. The SMILES string of the molecule is Cc1cc(C(=O)C2C3CCc4ccccc4C32)c(C)s1. The summed E-state index contributed by atoms with van der Waals surface area (Å²) < 4.78 is 0. The summed E-state index contributed by atoms with van der Waals surface area (Å²) in [5.41, 5.74) is 3.87. The zero-order valence-corrected chi connectivity index (χ0v) is 12.7. The first-order valence-electron chi connectivity index (χ1n) is 7.36. The number of rotatable bonds is 2. The Morgan fingerprint density at radius 1 is 1.25 bits per heavy atom. The van der Waals surface area contributed by atoms with E-state index in [-0.39, 0.29) is 5.92 Å². The van der Waals surface area contributed by atoms with Crippen molar-refractivity contribution in [3.8, 4) is 0 Å². The van der Waals surface area contributed by atoms with Gasteiger partial charge in [-0.15, -0.1) is 11.3 Å². The predicted octanol–water partition coefficient (Wildman–Crippen LogP) is 4.52. The molecule has 0 radical (unpaired) electrons. The third-order valence-electron chi connectivity index (χ3n) is 4.94. The second-order valence-corrected chi connectivity index (χ2v) is 7.60. The highest BCUT2D eigenvalue weighted by molar-refractivity contribution is 7.12. The molecule has 3 atom stereocenters. The van der Waals surface area contributed by atoms with Gasteiger partial charge in [0.1, 0.15) is 0 Å². The number of benzene rings is 1. The second kappa shape index (κ2) is 4.29. The summed E-state index contributed by atoms with van der Waals surface area (Å²) in [5, 5.41) is 0. The number of ketones is 1. The number of carbonyl (C=O) groups excluding carboxylic acids is 1. The Morgan fingerprint density at radius 3 is 2.80 bits per heavy atom. The molecule has 20 heavy (non-hydrogen) atoms. The van der Waals surface area contributed by atoms with Crippen LogP contribution in [0.25, 0.3) is 0 Å². The Hall–Kier alpha value is -1.41. The number of Topliss-reactive ketones (excluding diaryl/α,β-unsaturated/α-hetero) is 1. The Morgan fingerprint density at radius 2 is 2.05 bits per heavy atom. The van der Waals surface area contributed by atoms with Gasteiger partial charge in [0.05, 0.1) is 0 Å². The molecule has 0 spiro atoms. The minimum atomic E-state index is 0.242. The maximum absolute atomic E-state index is 12.8. The van der Waals surface area contributed by atoms with Gasteiger partial charge in [0, 0.05) is 21.2 Å². The van der Waals surface area contributed by atoms with Crippen LogP contribution < -0.4 is 0 Å². The molecular weight excluding hydrogens is 264 g/mol. The van der Waals surface area contributed by atoms with E-state index in [1.54, 1.807) is 11.3 Å². The van der Waals surface area contributed by atoms with Gasteiger partial charge >= 0.3 is 0 Å². The Labute approximate surface area is 123 Å². The molecule has 1 heterocycles. The van der Waals surface area contributed by atoms with E-state index in [1.165, 1.54) is 27.3 Å². The molecule has 1 saturated carbocycles. The molecule has 0 saturated heterocycles. The van der Waals surface area contributed by atoms with Crippen molar-refractivity contribution < 1.29 is 4.79 Å². The highest BCUT2D eigenvalue weighted by Gasteiger charge is 2.57. The van der Waals surface area contributed by atoms with Crippen LogP contribution in [-0.2, 0) is 6.42 Å². The van der Waals surface area contributed by atoms with Crippen molar-refractivity contribution in [1.82, 2.24) is 0 Å². The first-order valence-corrected chi connectivity index (χ1v) is 8.17. The van der Waals surface area contributed by atoms with E-state index < -0.39 is 0 Å². The summed E-state index contributed by atoms with van der Waals surface area (Å²) in [6.45, 7) is 4.16. The zero-order chi connectivity index (χ0) is 13.9. The van der Waals surface area contributed by atoms with Crippen LogP contribution in [0.15, 0.2) is 30.3 Å². The number of thiophene rings is 1. The minimum absolute atomic E-state index is 0.242. The van der Waals surface area contributed by atoms with Gasteiger partial charge in [0.15, 0.2) is 5.78 Å². The van der Waals surface area contributed by atoms with Crippen LogP contribution in [0.1, 0.15) is 43.6 Å². The fraction of sp³-hybridized carbons (Fsp3) is 0.389. The molecule has 0 aliphatic heterocycles. The summed E-state index contributed by atoms with van der Waals surface area (Å²) in [4.78, 5) is 15.3. The fourth-order valence-corrected chi connectivity index (χ4v) is 4.91. The van der Waals surface area contributed by atoms with Crippen LogP contribution in [0.2, 0.25) is 0 Å². The summed E-state index contributed by atoms with van der Waals surface area (Å²) in [5.74, 6) is 1.72. The summed E-state index contributed by atoms with van der Waals surface area (Å²) in [6, 6.07) is 10.8. The summed E-state index contributed by atoms with van der Waals surface area (Å²) >= 11 is 1.74. The van der Waals surface area contributed by atoms with Crippen LogP contribution >= 0.6 is 11.3 Å². The van der Waals surface area contributed by atoms with Crippen LogP contribution in [0.3, 0.4) is 0 Å². The van der Waals surface area contributed by atoms with E-state index in [1.807, 2.05) is 0 Å². The first kappa shape index (κ1) is 12.3. The molecule has 1 aromatic carbocycles. The van der Waals surface area contributed by atoms with Crippen LogP contribution in [0.5, 0.6) is 0 Å². The van der Waals surface area contributed by atoms with E-state index in [2.05, 4.69) is 44.2 Å². The highest BCUT2D eigenvalue weighted by atomic mass is 32.1. The molecule has 1 aromatic heterocycles. The summed E-state index contributed by atoms with van der Waals surface area (Å²) in [7, 11) is 0. The van der Waals surface area contributed by atoms with Gasteiger partial charge in [0.2, 0.25) is 0 Å². The van der Waals surface area contributed by atoms with E-state index in [0.717, 1.165) is 12.0 Å². The third kappa shape index (κ3) is 1.71. The molecule has 102 valence electrons. The minimum Gasteiger partial charge on any atom is -0.294 e. The van der Waals surface area contributed by atoms with Crippen LogP contribution in [0, 0.1) is 25.7 Å². The maximum Gasteiger partial charge on any atom is 0.167 e. The molecule has 2 aliphatic rings. The van der Waals surface area contributed by atoms with Gasteiger partial charge in [-0.2, -0.15) is 0 Å². The van der Waals surface area contributed by atoms with Gasteiger partial charge in [-0.1, -0.05) is 24.3 Å². The maximum atomic E-state index is 12.8. The van der Waals surface area contributed by atoms with Crippen molar-refractivity contribution >= 4 is 17.1 Å². The van der Waals surface area contributed by atoms with Gasteiger partial charge in [0.25, 0.3) is 0 Å². The van der Waals surface area contributed by atoms with Crippen LogP contribution in [0.4, 0.5) is 0 Å².